The summed E-state index contributed by atoms with van der Waals surface area (Å²) in [5, 5.41) is 7.20. The summed E-state index contributed by atoms with van der Waals surface area (Å²) in [5.41, 5.74) is 1.68. The van der Waals surface area contributed by atoms with Crippen molar-refractivity contribution in [3.05, 3.63) is 52.9 Å². The van der Waals surface area contributed by atoms with E-state index in [0.717, 1.165) is 11.6 Å². The first kappa shape index (κ1) is 18.9. The van der Waals surface area contributed by atoms with Crippen molar-refractivity contribution >= 4 is 17.3 Å². The predicted octanol–water partition coefficient (Wildman–Crippen LogP) is 4.04. The number of nitrogens with zero attached hydrogens (tertiary/aromatic N) is 3. The first-order chi connectivity index (χ1) is 12.9. The number of halogens is 3. The van der Waals surface area contributed by atoms with E-state index in [1.165, 1.54) is 14.2 Å². The Hall–Kier alpha value is -2.87. The van der Waals surface area contributed by atoms with Gasteiger partial charge < -0.3 is 14.8 Å². The minimum atomic E-state index is -0.855. The molecule has 0 spiro atoms. The molecule has 0 atom stereocenters. The topological polar surface area (TPSA) is 61.2 Å². The molecule has 0 aliphatic heterocycles. The zero-order valence-corrected chi connectivity index (χ0v) is 15.6. The predicted molar refractivity (Wildman–Crippen MR) is 98.2 cm³/mol. The van der Waals surface area contributed by atoms with Gasteiger partial charge in [0.25, 0.3) is 0 Å². The van der Waals surface area contributed by atoms with E-state index in [0.29, 0.717) is 16.3 Å². The molecule has 2 heterocycles. The molecule has 3 aromatic rings. The number of ether oxygens (including phenoxy) is 2. The average Bonchev–Trinajstić information content (AvgIpc) is 3.09. The number of pyridine rings is 1. The first-order valence-electron chi connectivity index (χ1n) is 7.91. The SMILES string of the molecule is COc1cc(OC)c(F)c(NCc2cnc(-c3cnn(C)c3)cc2Cl)c1F. The lowest BCUT2D eigenvalue weighted by molar-refractivity contribution is 0.360. The van der Waals surface area contributed by atoms with Gasteiger partial charge in [-0.15, -0.1) is 0 Å². The van der Waals surface area contributed by atoms with Crippen LogP contribution in [0.5, 0.6) is 11.5 Å². The number of aromatic nitrogens is 3. The Kier molecular flexibility index (Phi) is 5.46. The lowest BCUT2D eigenvalue weighted by Gasteiger charge is -2.14. The molecule has 0 radical (unpaired) electrons. The molecule has 0 aliphatic rings. The van der Waals surface area contributed by atoms with Crippen molar-refractivity contribution in [2.75, 3.05) is 19.5 Å². The Labute approximate surface area is 159 Å². The van der Waals surface area contributed by atoms with Gasteiger partial charge >= 0.3 is 0 Å². The molecular weight excluding hydrogens is 378 g/mol. The summed E-state index contributed by atoms with van der Waals surface area (Å²) < 4.78 is 40.3. The summed E-state index contributed by atoms with van der Waals surface area (Å²) in [4.78, 5) is 4.33. The van der Waals surface area contributed by atoms with Crippen molar-refractivity contribution in [1.82, 2.24) is 14.8 Å². The maximum absolute atomic E-state index is 14.4. The van der Waals surface area contributed by atoms with Gasteiger partial charge in [0.05, 0.1) is 26.1 Å². The number of hydrogen-bond donors (Lipinski definition) is 1. The maximum Gasteiger partial charge on any atom is 0.191 e. The molecule has 0 fully saturated rings. The Bertz CT molecular complexity index is 950. The van der Waals surface area contributed by atoms with Gasteiger partial charge in [-0.2, -0.15) is 5.10 Å². The van der Waals surface area contributed by atoms with Crippen molar-refractivity contribution in [2.45, 2.75) is 6.54 Å². The van der Waals surface area contributed by atoms with Gasteiger partial charge in [-0.1, -0.05) is 11.6 Å². The van der Waals surface area contributed by atoms with Crippen LogP contribution in [0, 0.1) is 11.6 Å². The van der Waals surface area contributed by atoms with Crippen LogP contribution in [-0.2, 0) is 13.6 Å². The summed E-state index contributed by atoms with van der Waals surface area (Å²) in [6.07, 6.45) is 5.03. The van der Waals surface area contributed by atoms with E-state index in [2.05, 4.69) is 15.4 Å². The molecule has 0 aliphatic carbocycles. The van der Waals surface area contributed by atoms with Crippen LogP contribution < -0.4 is 14.8 Å². The van der Waals surface area contributed by atoms with Crippen LogP contribution in [0.3, 0.4) is 0 Å². The summed E-state index contributed by atoms with van der Waals surface area (Å²) in [6.45, 7) is 0.0588. The summed E-state index contributed by atoms with van der Waals surface area (Å²) in [5.74, 6) is -1.97. The molecule has 0 bridgehead atoms. The highest BCUT2D eigenvalue weighted by Gasteiger charge is 2.20. The number of nitrogens with one attached hydrogen (secondary N) is 1. The summed E-state index contributed by atoms with van der Waals surface area (Å²) >= 11 is 6.30. The molecule has 0 saturated carbocycles. The van der Waals surface area contributed by atoms with Crippen LogP contribution in [0.2, 0.25) is 5.02 Å². The fourth-order valence-corrected chi connectivity index (χ4v) is 2.74. The lowest BCUT2D eigenvalue weighted by atomic mass is 10.2. The monoisotopic (exact) mass is 394 g/mol. The van der Waals surface area contributed by atoms with Crippen molar-refractivity contribution < 1.29 is 18.3 Å². The largest absolute Gasteiger partial charge is 0.493 e. The molecule has 6 nitrogen and oxygen atoms in total. The lowest BCUT2D eigenvalue weighted by Crippen LogP contribution is -2.07. The third kappa shape index (κ3) is 3.80. The highest BCUT2D eigenvalue weighted by Crippen LogP contribution is 2.35. The standard InChI is InChI=1S/C18H17ClF2N4O2/c1-25-9-11(8-24-25)13-4-12(19)10(6-22-13)7-23-18-16(20)14(26-2)5-15(27-3)17(18)21/h4-6,8-9,23H,7H2,1-3H3. The molecule has 9 heteroatoms. The van der Waals surface area contributed by atoms with Crippen molar-refractivity contribution in [3.63, 3.8) is 0 Å². The second-order valence-electron chi connectivity index (χ2n) is 5.70. The molecule has 0 unspecified atom stereocenters. The van der Waals surface area contributed by atoms with Crippen LogP contribution in [0.4, 0.5) is 14.5 Å². The molecule has 1 aromatic carbocycles. The second kappa shape index (κ2) is 7.79. The maximum atomic E-state index is 14.4. The van der Waals surface area contributed by atoms with Crippen molar-refractivity contribution in [1.29, 1.82) is 0 Å². The molecule has 0 saturated heterocycles. The zero-order chi connectivity index (χ0) is 19.6. The van der Waals surface area contributed by atoms with Gasteiger partial charge in [-0.25, -0.2) is 8.78 Å². The Balaban J connectivity index is 1.85. The fraction of sp³-hybridized carbons (Fsp3) is 0.222. The van der Waals surface area contributed by atoms with Gasteiger partial charge in [0, 0.05) is 48.2 Å². The Morgan fingerprint density at radius 3 is 2.30 bits per heavy atom. The van der Waals surface area contributed by atoms with E-state index in [-0.39, 0.29) is 23.7 Å². The third-order valence-corrected chi connectivity index (χ3v) is 4.31. The highest BCUT2D eigenvalue weighted by molar-refractivity contribution is 6.31. The first-order valence-corrected chi connectivity index (χ1v) is 8.29. The highest BCUT2D eigenvalue weighted by atomic mass is 35.5. The van der Waals surface area contributed by atoms with E-state index in [1.807, 2.05) is 6.20 Å². The van der Waals surface area contributed by atoms with Gasteiger partial charge in [-0.05, 0) is 6.07 Å². The second-order valence-corrected chi connectivity index (χ2v) is 6.11. The minimum absolute atomic E-state index is 0.0588. The van der Waals surface area contributed by atoms with Crippen LogP contribution in [0.1, 0.15) is 5.56 Å². The zero-order valence-electron chi connectivity index (χ0n) is 14.9. The third-order valence-electron chi connectivity index (χ3n) is 3.96. The smallest absolute Gasteiger partial charge is 0.191 e. The molecule has 0 amide bonds. The summed E-state index contributed by atoms with van der Waals surface area (Å²) in [7, 11) is 4.38. The molecular formula is C18H17ClF2N4O2. The van der Waals surface area contributed by atoms with E-state index < -0.39 is 11.6 Å². The Morgan fingerprint density at radius 1 is 1.11 bits per heavy atom. The number of aryl methyl sites for hydroxylation is 1. The minimum Gasteiger partial charge on any atom is -0.493 e. The quantitative estimate of drug-likeness (QED) is 0.683. The van der Waals surface area contributed by atoms with E-state index in [4.69, 9.17) is 21.1 Å². The van der Waals surface area contributed by atoms with E-state index in [1.54, 1.807) is 30.2 Å². The molecule has 142 valence electrons. The number of benzene rings is 1. The van der Waals surface area contributed by atoms with Gasteiger partial charge in [0.2, 0.25) is 0 Å². The Morgan fingerprint density at radius 2 is 1.78 bits per heavy atom. The van der Waals surface area contributed by atoms with Gasteiger partial charge in [-0.3, -0.25) is 9.67 Å². The van der Waals surface area contributed by atoms with E-state index in [9.17, 15) is 8.78 Å². The van der Waals surface area contributed by atoms with Crippen LogP contribution in [0.15, 0.2) is 30.7 Å². The van der Waals surface area contributed by atoms with Crippen LogP contribution in [-0.4, -0.2) is 29.0 Å². The number of anilines is 1. The van der Waals surface area contributed by atoms with Crippen LogP contribution in [0.25, 0.3) is 11.3 Å². The molecule has 3 rings (SSSR count). The van der Waals surface area contributed by atoms with E-state index >= 15 is 0 Å². The molecule has 2 aromatic heterocycles. The number of hydrogen-bond acceptors (Lipinski definition) is 5. The van der Waals surface area contributed by atoms with Gasteiger partial charge in [0.1, 0.15) is 5.69 Å². The number of rotatable bonds is 6. The normalized spacial score (nSPS) is 10.7. The number of methoxy groups -OCH3 is 2. The van der Waals surface area contributed by atoms with Crippen LogP contribution >= 0.6 is 11.6 Å². The van der Waals surface area contributed by atoms with Crippen molar-refractivity contribution in [2.24, 2.45) is 7.05 Å². The van der Waals surface area contributed by atoms with Gasteiger partial charge in [0.15, 0.2) is 23.1 Å². The summed E-state index contributed by atoms with van der Waals surface area (Å²) in [6, 6.07) is 2.82. The molecule has 1 N–H and O–H groups in total. The average molecular weight is 395 g/mol. The van der Waals surface area contributed by atoms with Crippen molar-refractivity contribution in [3.8, 4) is 22.8 Å². The molecule has 27 heavy (non-hydrogen) atoms. The fourth-order valence-electron chi connectivity index (χ4n) is 2.52.